The van der Waals surface area contributed by atoms with Crippen molar-refractivity contribution in [1.82, 2.24) is 4.31 Å². The van der Waals surface area contributed by atoms with Crippen LogP contribution in [0.3, 0.4) is 0 Å². The Balaban J connectivity index is 0.000000192. The molecule has 13 heteroatoms. The van der Waals surface area contributed by atoms with Crippen molar-refractivity contribution >= 4 is 44.6 Å². The third-order valence-electron chi connectivity index (χ3n) is 5.69. The van der Waals surface area contributed by atoms with Gasteiger partial charge in [-0.15, -0.1) is 11.3 Å². The predicted molar refractivity (Wildman–Crippen MR) is 126 cm³/mol. The number of nitrogens with two attached hydrogens (primary N) is 1. The monoisotopic (exact) mass is 529 g/mol. The second-order valence-electron chi connectivity index (χ2n) is 7.99. The minimum atomic E-state index is -3.56. The molecule has 1 fully saturated rings. The Hall–Kier alpha value is -2.38. The van der Waals surface area contributed by atoms with E-state index in [1.807, 2.05) is 24.3 Å². The summed E-state index contributed by atoms with van der Waals surface area (Å²) in [5, 5.41) is 12.5. The van der Waals surface area contributed by atoms with E-state index in [2.05, 4.69) is 5.16 Å². The Labute approximate surface area is 205 Å². The van der Waals surface area contributed by atoms with Gasteiger partial charge in [0.2, 0.25) is 0 Å². The zero-order valence-corrected chi connectivity index (χ0v) is 20.4. The number of rotatable bonds is 4. The number of hydrogen-bond donors (Lipinski definition) is 2. The zero-order valence-electron chi connectivity index (χ0n) is 18.1. The number of sulfonamides is 1. The van der Waals surface area contributed by atoms with Gasteiger partial charge in [0.05, 0.1) is 4.34 Å². The van der Waals surface area contributed by atoms with Crippen molar-refractivity contribution in [3.8, 4) is 11.5 Å². The van der Waals surface area contributed by atoms with Crippen molar-refractivity contribution < 1.29 is 32.6 Å². The molecule has 5 rings (SSSR count). The lowest BCUT2D eigenvalue weighted by atomic mass is 9.88. The number of benzene rings is 1. The van der Waals surface area contributed by atoms with Crippen LogP contribution in [0.4, 0.5) is 0 Å². The van der Waals surface area contributed by atoms with Crippen LogP contribution in [0, 0.1) is 0 Å². The zero-order chi connectivity index (χ0) is 24.3. The molecule has 0 bridgehead atoms. The maximum absolute atomic E-state index is 12.5. The number of ether oxygens (including phenoxy) is 2. The molecule has 34 heavy (non-hydrogen) atoms. The number of piperidine rings is 1. The third kappa shape index (κ3) is 5.31. The molecule has 1 spiro atoms. The van der Waals surface area contributed by atoms with Crippen LogP contribution < -0.4 is 15.2 Å². The SMILES string of the molecule is NCC1COc2ccccc2O1.O=C(O)C1=NOC2(CCN(S(=O)(=O)c3ccc(Cl)s3)CC2)C1. The van der Waals surface area contributed by atoms with E-state index in [0.717, 1.165) is 22.8 Å². The molecule has 2 aromatic rings. The Kier molecular flexibility index (Phi) is 7.33. The van der Waals surface area contributed by atoms with Gasteiger partial charge in [0.15, 0.2) is 17.2 Å². The molecule has 4 heterocycles. The fraction of sp³-hybridized carbons (Fsp3) is 0.429. The van der Waals surface area contributed by atoms with Crippen molar-refractivity contribution in [2.75, 3.05) is 26.2 Å². The second kappa shape index (κ2) is 10.1. The van der Waals surface area contributed by atoms with Gasteiger partial charge < -0.3 is 25.2 Å². The maximum Gasteiger partial charge on any atom is 0.353 e. The average Bonchev–Trinajstić information content (AvgIpc) is 3.47. The van der Waals surface area contributed by atoms with E-state index in [-0.39, 0.29) is 35.5 Å². The summed E-state index contributed by atoms with van der Waals surface area (Å²) >= 11 is 6.81. The van der Waals surface area contributed by atoms with E-state index >= 15 is 0 Å². The first-order valence-corrected chi connectivity index (χ1v) is 13.2. The van der Waals surface area contributed by atoms with E-state index in [4.69, 9.17) is 36.8 Å². The maximum atomic E-state index is 12.5. The Bertz CT molecular complexity index is 1180. The second-order valence-corrected chi connectivity index (χ2v) is 11.9. The predicted octanol–water partition coefficient (Wildman–Crippen LogP) is 2.57. The topological polar surface area (TPSA) is 141 Å². The van der Waals surface area contributed by atoms with Crippen LogP contribution in [0.1, 0.15) is 19.3 Å². The smallest absolute Gasteiger partial charge is 0.353 e. The number of carboxylic acids is 1. The van der Waals surface area contributed by atoms with Gasteiger partial charge in [-0.05, 0) is 24.3 Å². The highest BCUT2D eigenvalue weighted by atomic mass is 35.5. The summed E-state index contributed by atoms with van der Waals surface area (Å²) < 4.78 is 37.9. The minimum absolute atomic E-state index is 0.0000926. The average molecular weight is 530 g/mol. The highest BCUT2D eigenvalue weighted by molar-refractivity contribution is 7.91. The number of aliphatic carboxylic acids is 1. The number of fused-ring (bicyclic) bond motifs is 1. The number of nitrogens with zero attached hydrogens (tertiary/aromatic N) is 2. The molecule has 10 nitrogen and oxygen atoms in total. The van der Waals surface area contributed by atoms with E-state index in [0.29, 0.717) is 30.3 Å². The van der Waals surface area contributed by atoms with E-state index in [1.54, 1.807) is 6.07 Å². The molecule has 0 aliphatic carbocycles. The van der Waals surface area contributed by atoms with Gasteiger partial charge in [-0.3, -0.25) is 0 Å². The van der Waals surface area contributed by atoms with Gasteiger partial charge >= 0.3 is 5.97 Å². The molecule has 1 aromatic heterocycles. The molecule has 1 aromatic carbocycles. The molecule has 184 valence electrons. The fourth-order valence-corrected chi connectivity index (χ4v) is 6.86. The molecular formula is C21H24ClN3O7S2. The highest BCUT2D eigenvalue weighted by Gasteiger charge is 2.46. The van der Waals surface area contributed by atoms with Crippen molar-refractivity contribution in [3.05, 3.63) is 40.7 Å². The van der Waals surface area contributed by atoms with Crippen LogP contribution >= 0.6 is 22.9 Å². The summed E-state index contributed by atoms with van der Waals surface area (Å²) in [6.45, 7) is 1.57. The number of hydrogen-bond acceptors (Lipinski definition) is 9. The lowest BCUT2D eigenvalue weighted by Gasteiger charge is -2.36. The van der Waals surface area contributed by atoms with E-state index in [9.17, 15) is 13.2 Å². The Morgan fingerprint density at radius 2 is 1.94 bits per heavy atom. The van der Waals surface area contributed by atoms with E-state index in [1.165, 1.54) is 10.4 Å². The van der Waals surface area contributed by atoms with Crippen molar-refractivity contribution in [3.63, 3.8) is 0 Å². The molecule has 1 atom stereocenters. The largest absolute Gasteiger partial charge is 0.486 e. The molecule has 0 radical (unpaired) electrons. The first-order valence-electron chi connectivity index (χ1n) is 10.5. The molecule has 3 N–H and O–H groups in total. The van der Waals surface area contributed by atoms with Gasteiger partial charge in [0.1, 0.15) is 22.5 Å². The van der Waals surface area contributed by atoms with Gasteiger partial charge in [0, 0.05) is 38.9 Å². The van der Waals surface area contributed by atoms with Crippen molar-refractivity contribution in [2.24, 2.45) is 10.9 Å². The first kappa shape index (κ1) is 24.7. The van der Waals surface area contributed by atoms with Gasteiger partial charge in [-0.1, -0.05) is 28.9 Å². The summed E-state index contributed by atoms with van der Waals surface area (Å²) in [7, 11) is -3.56. The number of para-hydroxylation sites is 2. The van der Waals surface area contributed by atoms with Crippen LogP contribution in [-0.4, -0.2) is 67.5 Å². The third-order valence-corrected chi connectivity index (χ3v) is 9.29. The van der Waals surface area contributed by atoms with Crippen LogP contribution in [0.2, 0.25) is 4.34 Å². The summed E-state index contributed by atoms with van der Waals surface area (Å²) in [4.78, 5) is 16.2. The summed E-state index contributed by atoms with van der Waals surface area (Å²) in [5.41, 5.74) is 4.76. The van der Waals surface area contributed by atoms with Gasteiger partial charge in [-0.2, -0.15) is 4.31 Å². The normalized spacial score (nSPS) is 21.2. The summed E-state index contributed by atoms with van der Waals surface area (Å²) in [6.07, 6.45) is 1.03. The summed E-state index contributed by atoms with van der Waals surface area (Å²) in [6, 6.07) is 10.7. The minimum Gasteiger partial charge on any atom is -0.486 e. The lowest BCUT2D eigenvalue weighted by Crippen LogP contribution is -2.46. The summed E-state index contributed by atoms with van der Waals surface area (Å²) in [5.74, 6) is 0.501. The van der Waals surface area contributed by atoms with Crippen LogP contribution in [0.15, 0.2) is 45.8 Å². The lowest BCUT2D eigenvalue weighted by molar-refractivity contribution is -0.129. The highest BCUT2D eigenvalue weighted by Crippen LogP contribution is 2.37. The van der Waals surface area contributed by atoms with Crippen LogP contribution in [0.25, 0.3) is 0 Å². The first-order chi connectivity index (χ1) is 16.2. The van der Waals surface area contributed by atoms with Crippen LogP contribution in [0.5, 0.6) is 11.5 Å². The molecule has 1 unspecified atom stereocenters. The number of oxime groups is 1. The van der Waals surface area contributed by atoms with Crippen molar-refractivity contribution in [2.45, 2.75) is 35.2 Å². The molecular weight excluding hydrogens is 506 g/mol. The standard InChI is InChI=1S/C12H13ClN2O5S2.C9H11NO2/c13-9-1-2-10(21-9)22(18,19)15-5-3-12(4-6-15)7-8(11(16)17)14-20-12;10-5-7-6-11-8-3-1-2-4-9(8)12-7/h1-2H,3-7H2,(H,16,17);1-4,7H,5-6,10H2. The Morgan fingerprint density at radius 3 is 2.53 bits per heavy atom. The molecule has 0 saturated carbocycles. The molecule has 0 amide bonds. The quantitative estimate of drug-likeness (QED) is 0.615. The van der Waals surface area contributed by atoms with E-state index < -0.39 is 21.6 Å². The van der Waals surface area contributed by atoms with Crippen LogP contribution in [-0.2, 0) is 19.7 Å². The fourth-order valence-electron chi connectivity index (χ4n) is 3.78. The molecule has 3 aliphatic heterocycles. The van der Waals surface area contributed by atoms with Crippen molar-refractivity contribution in [1.29, 1.82) is 0 Å². The number of carboxylic acid groups (broad SMARTS) is 1. The Morgan fingerprint density at radius 1 is 1.24 bits per heavy atom. The van der Waals surface area contributed by atoms with Gasteiger partial charge in [0.25, 0.3) is 10.0 Å². The number of halogens is 1. The number of carbonyl (C=O) groups is 1. The van der Waals surface area contributed by atoms with Gasteiger partial charge in [-0.25, -0.2) is 13.2 Å². The molecule has 1 saturated heterocycles. The number of thiophene rings is 1. The molecule has 3 aliphatic rings.